The van der Waals surface area contributed by atoms with E-state index in [1.807, 2.05) is 18.2 Å². The molecule has 0 amide bonds. The molecule has 1 unspecified atom stereocenters. The van der Waals surface area contributed by atoms with Crippen LogP contribution in [0.4, 0.5) is 0 Å². The number of ether oxygens (including phenoxy) is 1. The first-order valence-electron chi connectivity index (χ1n) is 8.71. The van der Waals surface area contributed by atoms with Crippen LogP contribution in [0.2, 0.25) is 8.87 Å². The monoisotopic (exact) mass is 414 g/mol. The molecule has 0 bridgehead atoms. The standard InChI is InChI=1S/C10H12O3.2C4H9.Sn/c11-6-10(12)8-13-7-9-4-2-1-3-5-9;2*1-3-4-2;/h1-5,10H,6-8H2;2*1,3-4H2,2H3;/q-2;;;+2. The zero-order chi connectivity index (χ0) is 15.7. The summed E-state index contributed by atoms with van der Waals surface area (Å²) in [5.41, 5.74) is 1.22. The van der Waals surface area contributed by atoms with Crippen molar-refractivity contribution in [2.75, 3.05) is 13.2 Å². The minimum absolute atomic E-state index is 0.160. The van der Waals surface area contributed by atoms with Gasteiger partial charge in [-0.2, -0.15) is 0 Å². The summed E-state index contributed by atoms with van der Waals surface area (Å²) in [4.78, 5) is 0. The van der Waals surface area contributed by atoms with Gasteiger partial charge in [-0.25, -0.2) is 0 Å². The normalized spacial score (nSPS) is 20.4. The Morgan fingerprint density at radius 3 is 2.41 bits per heavy atom. The van der Waals surface area contributed by atoms with Crippen LogP contribution in [-0.2, 0) is 17.5 Å². The van der Waals surface area contributed by atoms with Crippen LogP contribution >= 0.6 is 0 Å². The molecule has 0 radical (unpaired) electrons. The predicted molar refractivity (Wildman–Crippen MR) is 92.1 cm³/mol. The van der Waals surface area contributed by atoms with Crippen LogP contribution in [0, 0.1) is 0 Å². The number of unbranched alkanes of at least 4 members (excludes halogenated alkanes) is 2. The van der Waals surface area contributed by atoms with Gasteiger partial charge >= 0.3 is 140 Å². The Kier molecular flexibility index (Phi) is 8.22. The second kappa shape index (κ2) is 9.91. The van der Waals surface area contributed by atoms with E-state index in [0.717, 1.165) is 6.61 Å². The van der Waals surface area contributed by atoms with Crippen molar-refractivity contribution in [3.05, 3.63) is 35.9 Å². The van der Waals surface area contributed by atoms with E-state index in [1.165, 1.54) is 40.1 Å². The van der Waals surface area contributed by atoms with Crippen LogP contribution in [0.15, 0.2) is 30.3 Å². The summed E-state index contributed by atoms with van der Waals surface area (Å²) in [6.45, 7) is 6.56. The summed E-state index contributed by atoms with van der Waals surface area (Å²) in [5, 5.41) is 0. The van der Waals surface area contributed by atoms with Crippen molar-refractivity contribution in [3.63, 3.8) is 0 Å². The third kappa shape index (κ3) is 5.84. The van der Waals surface area contributed by atoms with Gasteiger partial charge in [-0.05, 0) is 0 Å². The van der Waals surface area contributed by atoms with Crippen LogP contribution in [0.25, 0.3) is 0 Å². The average Bonchev–Trinajstić information content (AvgIpc) is 2.96. The van der Waals surface area contributed by atoms with Gasteiger partial charge in [-0.3, -0.25) is 0 Å². The molecular formula is C18H30O3Sn. The van der Waals surface area contributed by atoms with Crippen LogP contribution < -0.4 is 0 Å². The molecule has 1 saturated heterocycles. The molecule has 1 aliphatic rings. The van der Waals surface area contributed by atoms with E-state index in [-0.39, 0.29) is 6.10 Å². The van der Waals surface area contributed by atoms with Crippen LogP contribution in [0.5, 0.6) is 0 Å². The van der Waals surface area contributed by atoms with Crippen LogP contribution in [0.3, 0.4) is 0 Å². The molecular weight excluding hydrogens is 383 g/mol. The fraction of sp³-hybridized carbons (Fsp3) is 0.667. The van der Waals surface area contributed by atoms with Crippen molar-refractivity contribution in [1.29, 1.82) is 0 Å². The second-order valence-corrected chi connectivity index (χ2v) is 15.7. The van der Waals surface area contributed by atoms with Gasteiger partial charge in [0.2, 0.25) is 0 Å². The summed E-state index contributed by atoms with van der Waals surface area (Å²) in [5.74, 6) is 0. The van der Waals surface area contributed by atoms with E-state index in [0.29, 0.717) is 13.2 Å². The van der Waals surface area contributed by atoms with Gasteiger partial charge in [0.1, 0.15) is 0 Å². The van der Waals surface area contributed by atoms with Crippen molar-refractivity contribution in [2.45, 2.75) is 61.1 Å². The Bertz CT molecular complexity index is 402. The molecule has 1 aromatic carbocycles. The summed E-state index contributed by atoms with van der Waals surface area (Å²) in [6.07, 6.45) is 5.11. The van der Waals surface area contributed by atoms with Crippen molar-refractivity contribution >= 4 is 19.2 Å². The molecule has 124 valence electrons. The molecule has 22 heavy (non-hydrogen) atoms. The van der Waals surface area contributed by atoms with Gasteiger partial charge in [0, 0.05) is 0 Å². The van der Waals surface area contributed by atoms with Gasteiger partial charge in [0.15, 0.2) is 0 Å². The first kappa shape index (κ1) is 18.2. The Hall–Kier alpha value is -0.101. The number of hydrogen-bond acceptors (Lipinski definition) is 3. The van der Waals surface area contributed by atoms with E-state index in [1.54, 1.807) is 0 Å². The Morgan fingerprint density at radius 2 is 1.77 bits per heavy atom. The van der Waals surface area contributed by atoms with Crippen molar-refractivity contribution in [2.24, 2.45) is 0 Å². The first-order valence-corrected chi connectivity index (χ1v) is 15.1. The van der Waals surface area contributed by atoms with E-state index in [9.17, 15) is 0 Å². The van der Waals surface area contributed by atoms with E-state index >= 15 is 0 Å². The molecule has 4 heteroatoms. The zero-order valence-electron chi connectivity index (χ0n) is 14.1. The van der Waals surface area contributed by atoms with Crippen molar-refractivity contribution < 1.29 is 10.9 Å². The molecule has 2 rings (SSSR count). The molecule has 1 fully saturated rings. The molecule has 0 N–H and O–H groups in total. The first-order chi connectivity index (χ1) is 10.8. The maximum atomic E-state index is 6.45. The topological polar surface area (TPSA) is 27.7 Å². The SMILES string of the molecule is CCC[CH2][Sn]1([CH2]CCC)[O]CC(COCc2ccccc2)[O]1. The third-order valence-electron chi connectivity index (χ3n) is 4.15. The van der Waals surface area contributed by atoms with Gasteiger partial charge in [0.25, 0.3) is 0 Å². The quantitative estimate of drug-likeness (QED) is 0.523. The van der Waals surface area contributed by atoms with E-state index < -0.39 is 19.2 Å². The molecule has 1 heterocycles. The summed E-state index contributed by atoms with van der Waals surface area (Å²) < 4.78 is 21.0. The molecule has 0 aliphatic carbocycles. The third-order valence-corrected chi connectivity index (χ3v) is 14.7. The molecule has 0 aromatic heterocycles. The molecule has 1 aromatic rings. The molecule has 0 spiro atoms. The maximum absolute atomic E-state index is 6.45. The fourth-order valence-electron chi connectivity index (χ4n) is 2.86. The average molecular weight is 413 g/mol. The van der Waals surface area contributed by atoms with Crippen molar-refractivity contribution in [3.8, 4) is 0 Å². The number of benzene rings is 1. The molecule has 1 atom stereocenters. The Balaban J connectivity index is 1.76. The zero-order valence-corrected chi connectivity index (χ0v) is 16.9. The van der Waals surface area contributed by atoms with Gasteiger partial charge < -0.3 is 0 Å². The Morgan fingerprint density at radius 1 is 1.09 bits per heavy atom. The van der Waals surface area contributed by atoms with Crippen LogP contribution in [-0.4, -0.2) is 38.5 Å². The minimum atomic E-state index is -2.76. The van der Waals surface area contributed by atoms with Crippen LogP contribution in [0.1, 0.15) is 45.1 Å². The number of hydrogen-bond donors (Lipinski definition) is 0. The fourth-order valence-corrected chi connectivity index (χ4v) is 13.9. The van der Waals surface area contributed by atoms with E-state index in [4.69, 9.17) is 10.9 Å². The molecule has 0 saturated carbocycles. The number of rotatable bonds is 10. The summed E-state index contributed by atoms with van der Waals surface area (Å²) in [6, 6.07) is 10.3. The van der Waals surface area contributed by atoms with Gasteiger partial charge in [-0.15, -0.1) is 0 Å². The summed E-state index contributed by atoms with van der Waals surface area (Å²) in [7, 11) is 0. The molecule has 1 aliphatic heterocycles. The summed E-state index contributed by atoms with van der Waals surface area (Å²) >= 11 is -2.76. The Labute approximate surface area is 140 Å². The van der Waals surface area contributed by atoms with E-state index in [2.05, 4.69) is 26.0 Å². The molecule has 3 nitrogen and oxygen atoms in total. The predicted octanol–water partition coefficient (Wildman–Crippen LogP) is 4.66. The second-order valence-electron chi connectivity index (χ2n) is 6.17. The van der Waals surface area contributed by atoms with Gasteiger partial charge in [-0.1, -0.05) is 0 Å². The van der Waals surface area contributed by atoms with Crippen molar-refractivity contribution in [1.82, 2.24) is 0 Å². The van der Waals surface area contributed by atoms with Gasteiger partial charge in [0.05, 0.1) is 0 Å².